The fourth-order valence-electron chi connectivity index (χ4n) is 1.65. The van der Waals surface area contributed by atoms with Crippen LogP contribution in [0, 0.1) is 6.92 Å². The lowest BCUT2D eigenvalue weighted by molar-refractivity contribution is 0.191. The molecule has 2 aromatic rings. The number of nitrogens with one attached hydrogen (secondary N) is 1. The van der Waals surface area contributed by atoms with Gasteiger partial charge < -0.3 is 10.4 Å². The van der Waals surface area contributed by atoms with Crippen LogP contribution in [0.1, 0.15) is 17.4 Å². The number of halogens is 1. The van der Waals surface area contributed by atoms with Crippen molar-refractivity contribution in [3.8, 4) is 0 Å². The van der Waals surface area contributed by atoms with Crippen LogP contribution in [0.2, 0.25) is 5.02 Å². The molecule has 0 aliphatic heterocycles. The molecule has 1 aromatic carbocycles. The first-order valence-corrected chi connectivity index (χ1v) is 6.14. The number of aromatic nitrogens is 1. The summed E-state index contributed by atoms with van der Waals surface area (Å²) in [5.41, 5.74) is 1.78. The van der Waals surface area contributed by atoms with E-state index in [-0.39, 0.29) is 0 Å². The summed E-state index contributed by atoms with van der Waals surface area (Å²) in [6, 6.07) is 12.9. The van der Waals surface area contributed by atoms with Gasteiger partial charge in [-0.15, -0.1) is 0 Å². The van der Waals surface area contributed by atoms with Crippen molar-refractivity contribution >= 4 is 17.4 Å². The second kappa shape index (κ2) is 5.85. The average Bonchev–Trinajstić information content (AvgIpc) is 2.37. The molecular weight excluding hydrogens is 248 g/mol. The summed E-state index contributed by atoms with van der Waals surface area (Å²) < 4.78 is 0. The van der Waals surface area contributed by atoms with E-state index < -0.39 is 6.10 Å². The molecule has 1 atom stereocenters. The maximum atomic E-state index is 10.0. The molecule has 0 aliphatic rings. The van der Waals surface area contributed by atoms with Gasteiger partial charge >= 0.3 is 0 Å². The summed E-state index contributed by atoms with van der Waals surface area (Å²) in [7, 11) is 0. The number of rotatable bonds is 4. The van der Waals surface area contributed by atoms with Gasteiger partial charge in [-0.3, -0.25) is 0 Å². The number of hydrogen-bond acceptors (Lipinski definition) is 3. The van der Waals surface area contributed by atoms with Crippen molar-refractivity contribution < 1.29 is 5.11 Å². The van der Waals surface area contributed by atoms with E-state index in [1.807, 2.05) is 37.3 Å². The zero-order valence-corrected chi connectivity index (χ0v) is 10.9. The van der Waals surface area contributed by atoms with Crippen LogP contribution in [0.15, 0.2) is 42.5 Å². The number of hydrogen-bond donors (Lipinski definition) is 2. The predicted molar refractivity (Wildman–Crippen MR) is 73.9 cm³/mol. The third kappa shape index (κ3) is 3.45. The van der Waals surface area contributed by atoms with Crippen LogP contribution < -0.4 is 5.32 Å². The Morgan fingerprint density at radius 2 is 1.94 bits per heavy atom. The largest absolute Gasteiger partial charge is 0.387 e. The van der Waals surface area contributed by atoms with Crippen LogP contribution in [0.3, 0.4) is 0 Å². The van der Waals surface area contributed by atoms with Gasteiger partial charge in [0.05, 0.1) is 6.10 Å². The summed E-state index contributed by atoms with van der Waals surface area (Å²) in [4.78, 5) is 4.31. The van der Waals surface area contributed by atoms with Crippen molar-refractivity contribution in [3.05, 3.63) is 58.7 Å². The highest BCUT2D eigenvalue weighted by Gasteiger charge is 2.07. The van der Waals surface area contributed by atoms with Gasteiger partial charge in [-0.2, -0.15) is 0 Å². The summed E-state index contributed by atoms with van der Waals surface area (Å²) in [5, 5.41) is 13.8. The van der Waals surface area contributed by atoms with Crippen LogP contribution in [-0.4, -0.2) is 16.6 Å². The Kier molecular flexibility index (Phi) is 4.18. The minimum Gasteiger partial charge on any atom is -0.387 e. The Morgan fingerprint density at radius 3 is 2.61 bits per heavy atom. The molecule has 0 aliphatic carbocycles. The molecule has 0 bridgehead atoms. The molecule has 0 spiro atoms. The molecule has 94 valence electrons. The minimum absolute atomic E-state index is 0.415. The Labute approximate surface area is 111 Å². The second-order valence-electron chi connectivity index (χ2n) is 4.11. The fraction of sp³-hybridized carbons (Fsp3) is 0.214. The normalized spacial score (nSPS) is 12.2. The van der Waals surface area contributed by atoms with Gasteiger partial charge in [-0.1, -0.05) is 29.8 Å². The molecule has 0 radical (unpaired) electrons. The first-order valence-electron chi connectivity index (χ1n) is 5.76. The number of pyridine rings is 1. The molecular formula is C14H15ClN2O. The third-order valence-electron chi connectivity index (χ3n) is 2.62. The van der Waals surface area contributed by atoms with Gasteiger partial charge in [0.1, 0.15) is 5.82 Å². The van der Waals surface area contributed by atoms with Gasteiger partial charge in [-0.05, 0) is 36.8 Å². The van der Waals surface area contributed by atoms with E-state index in [0.29, 0.717) is 11.6 Å². The number of anilines is 1. The highest BCUT2D eigenvalue weighted by molar-refractivity contribution is 6.30. The quantitative estimate of drug-likeness (QED) is 0.890. The van der Waals surface area contributed by atoms with Gasteiger partial charge in [0.25, 0.3) is 0 Å². The Morgan fingerprint density at radius 1 is 1.22 bits per heavy atom. The highest BCUT2D eigenvalue weighted by Crippen LogP contribution is 2.17. The van der Waals surface area contributed by atoms with Crippen molar-refractivity contribution in [2.24, 2.45) is 0 Å². The van der Waals surface area contributed by atoms with Gasteiger partial charge in [0, 0.05) is 17.3 Å². The summed E-state index contributed by atoms with van der Waals surface area (Å²) in [5.74, 6) is 0.767. The molecule has 3 nitrogen and oxygen atoms in total. The van der Waals surface area contributed by atoms with Crippen LogP contribution in [0.4, 0.5) is 5.82 Å². The third-order valence-corrected chi connectivity index (χ3v) is 2.87. The predicted octanol–water partition coefficient (Wildman–Crippen LogP) is 3.19. The van der Waals surface area contributed by atoms with Crippen LogP contribution in [0.25, 0.3) is 0 Å². The Bertz CT molecular complexity index is 513. The van der Waals surface area contributed by atoms with E-state index in [1.165, 1.54) is 0 Å². The first kappa shape index (κ1) is 12.9. The van der Waals surface area contributed by atoms with E-state index in [9.17, 15) is 5.11 Å². The highest BCUT2D eigenvalue weighted by atomic mass is 35.5. The molecule has 0 fully saturated rings. The second-order valence-corrected chi connectivity index (χ2v) is 4.55. The molecule has 18 heavy (non-hydrogen) atoms. The monoisotopic (exact) mass is 262 g/mol. The molecule has 2 rings (SSSR count). The van der Waals surface area contributed by atoms with Gasteiger partial charge in [0.2, 0.25) is 0 Å². The number of nitrogens with zero attached hydrogens (tertiary/aromatic N) is 1. The van der Waals surface area contributed by atoms with Crippen LogP contribution >= 0.6 is 11.6 Å². The maximum absolute atomic E-state index is 10.0. The van der Waals surface area contributed by atoms with E-state index in [1.54, 1.807) is 12.1 Å². The van der Waals surface area contributed by atoms with E-state index in [2.05, 4.69) is 10.3 Å². The summed E-state index contributed by atoms with van der Waals surface area (Å²) in [6.45, 7) is 2.35. The first-order chi connectivity index (χ1) is 8.65. The van der Waals surface area contributed by atoms with E-state index in [4.69, 9.17) is 11.6 Å². The number of benzene rings is 1. The van der Waals surface area contributed by atoms with Gasteiger partial charge in [-0.25, -0.2) is 4.98 Å². The van der Waals surface area contributed by atoms with Crippen molar-refractivity contribution in [3.63, 3.8) is 0 Å². The van der Waals surface area contributed by atoms with Crippen molar-refractivity contribution in [1.29, 1.82) is 0 Å². The summed E-state index contributed by atoms with van der Waals surface area (Å²) >= 11 is 5.80. The molecule has 1 heterocycles. The lowest BCUT2D eigenvalue weighted by Gasteiger charge is -2.13. The minimum atomic E-state index is -0.579. The lowest BCUT2D eigenvalue weighted by atomic mass is 10.1. The molecule has 0 saturated heterocycles. The average molecular weight is 263 g/mol. The lowest BCUT2D eigenvalue weighted by Crippen LogP contribution is -2.13. The van der Waals surface area contributed by atoms with Gasteiger partial charge in [0.15, 0.2) is 0 Å². The molecule has 2 N–H and O–H groups in total. The smallest absolute Gasteiger partial charge is 0.126 e. The van der Waals surface area contributed by atoms with Crippen LogP contribution in [0.5, 0.6) is 0 Å². The summed E-state index contributed by atoms with van der Waals surface area (Å²) in [6.07, 6.45) is -0.579. The van der Waals surface area contributed by atoms with Crippen molar-refractivity contribution in [2.75, 3.05) is 11.9 Å². The SMILES string of the molecule is Cc1cccc(NCC(O)c2ccc(Cl)cc2)n1. The van der Waals surface area contributed by atoms with E-state index in [0.717, 1.165) is 17.1 Å². The van der Waals surface area contributed by atoms with Crippen molar-refractivity contribution in [1.82, 2.24) is 4.98 Å². The topological polar surface area (TPSA) is 45.1 Å². The fourth-order valence-corrected chi connectivity index (χ4v) is 1.77. The number of aryl methyl sites for hydroxylation is 1. The number of aliphatic hydroxyl groups excluding tert-OH is 1. The zero-order chi connectivity index (χ0) is 13.0. The molecule has 1 unspecified atom stereocenters. The zero-order valence-electron chi connectivity index (χ0n) is 10.1. The van der Waals surface area contributed by atoms with Crippen LogP contribution in [-0.2, 0) is 0 Å². The van der Waals surface area contributed by atoms with Crippen molar-refractivity contribution in [2.45, 2.75) is 13.0 Å². The molecule has 0 saturated carbocycles. The number of aliphatic hydroxyl groups is 1. The molecule has 1 aromatic heterocycles. The Balaban J connectivity index is 1.96. The standard InChI is InChI=1S/C14H15ClN2O/c1-10-3-2-4-14(17-10)16-9-13(18)11-5-7-12(15)8-6-11/h2-8,13,18H,9H2,1H3,(H,16,17). The Hall–Kier alpha value is -1.58. The van der Waals surface area contributed by atoms with E-state index >= 15 is 0 Å². The molecule has 0 amide bonds. The maximum Gasteiger partial charge on any atom is 0.126 e. The molecule has 4 heteroatoms.